The zero-order valence-electron chi connectivity index (χ0n) is 11.4. The average molecular weight is 285 g/mol. The quantitative estimate of drug-likeness (QED) is 0.637. The molecule has 1 saturated carbocycles. The lowest BCUT2D eigenvalue weighted by Gasteiger charge is -2.36. The Kier molecular flexibility index (Phi) is 4.82. The van der Waals surface area contributed by atoms with Crippen LogP contribution in [0.5, 0.6) is 0 Å². The SMILES string of the molecule is CCC1(C(Cc2cc(F)ccc2Cl)NN)CCCC1. The van der Waals surface area contributed by atoms with E-state index < -0.39 is 0 Å². The van der Waals surface area contributed by atoms with Crippen molar-refractivity contribution >= 4 is 11.6 Å². The molecule has 3 N–H and O–H groups in total. The van der Waals surface area contributed by atoms with Gasteiger partial charge in [-0.15, -0.1) is 0 Å². The molecule has 0 spiro atoms. The summed E-state index contributed by atoms with van der Waals surface area (Å²) in [5.41, 5.74) is 4.01. The molecule has 1 fully saturated rings. The van der Waals surface area contributed by atoms with Crippen molar-refractivity contribution < 1.29 is 4.39 Å². The predicted molar refractivity (Wildman–Crippen MR) is 77.4 cm³/mol. The molecule has 0 bridgehead atoms. The van der Waals surface area contributed by atoms with Gasteiger partial charge in [0.2, 0.25) is 0 Å². The topological polar surface area (TPSA) is 38.0 Å². The van der Waals surface area contributed by atoms with E-state index in [4.69, 9.17) is 17.4 Å². The lowest BCUT2D eigenvalue weighted by atomic mass is 9.74. The first-order valence-electron chi connectivity index (χ1n) is 7.01. The number of hydrogen-bond donors (Lipinski definition) is 2. The third kappa shape index (κ3) is 3.10. The summed E-state index contributed by atoms with van der Waals surface area (Å²) in [5, 5.41) is 0.617. The normalized spacial score (nSPS) is 19.6. The smallest absolute Gasteiger partial charge is 0.123 e. The van der Waals surface area contributed by atoms with Crippen LogP contribution in [-0.2, 0) is 6.42 Å². The second-order valence-corrected chi connectivity index (χ2v) is 5.99. The van der Waals surface area contributed by atoms with Crippen molar-refractivity contribution in [3.8, 4) is 0 Å². The van der Waals surface area contributed by atoms with E-state index in [2.05, 4.69) is 12.3 Å². The molecule has 1 aliphatic carbocycles. The Bertz CT molecular complexity index is 430. The Labute approximate surface area is 119 Å². The Morgan fingerprint density at radius 3 is 2.68 bits per heavy atom. The molecule has 0 aliphatic heterocycles. The first kappa shape index (κ1) is 14.8. The maximum atomic E-state index is 13.3. The van der Waals surface area contributed by atoms with Gasteiger partial charge in [0, 0.05) is 11.1 Å². The van der Waals surface area contributed by atoms with Gasteiger partial charge < -0.3 is 0 Å². The monoisotopic (exact) mass is 284 g/mol. The average Bonchev–Trinajstić information content (AvgIpc) is 2.89. The molecule has 0 aromatic heterocycles. The van der Waals surface area contributed by atoms with Crippen LogP contribution in [0.15, 0.2) is 18.2 Å². The van der Waals surface area contributed by atoms with Crippen molar-refractivity contribution in [1.29, 1.82) is 0 Å². The minimum Gasteiger partial charge on any atom is -0.271 e. The fraction of sp³-hybridized carbons (Fsp3) is 0.600. The first-order valence-corrected chi connectivity index (χ1v) is 7.39. The third-order valence-electron chi connectivity index (χ3n) is 4.68. The van der Waals surface area contributed by atoms with Crippen LogP contribution in [0.2, 0.25) is 5.02 Å². The fourth-order valence-electron chi connectivity index (χ4n) is 3.40. The van der Waals surface area contributed by atoms with Crippen LogP contribution in [0.3, 0.4) is 0 Å². The summed E-state index contributed by atoms with van der Waals surface area (Å²) in [7, 11) is 0. The number of rotatable bonds is 5. The van der Waals surface area contributed by atoms with Gasteiger partial charge in [0.25, 0.3) is 0 Å². The van der Waals surface area contributed by atoms with E-state index in [0.29, 0.717) is 11.4 Å². The van der Waals surface area contributed by atoms with E-state index in [1.165, 1.54) is 37.8 Å². The highest BCUT2D eigenvalue weighted by molar-refractivity contribution is 6.31. The molecule has 2 rings (SSSR count). The van der Waals surface area contributed by atoms with E-state index in [1.54, 1.807) is 6.07 Å². The van der Waals surface area contributed by atoms with Crippen LogP contribution in [0.4, 0.5) is 4.39 Å². The highest BCUT2D eigenvalue weighted by atomic mass is 35.5. The molecule has 0 saturated heterocycles. The van der Waals surface area contributed by atoms with E-state index in [-0.39, 0.29) is 17.3 Å². The van der Waals surface area contributed by atoms with E-state index in [9.17, 15) is 4.39 Å². The molecular weight excluding hydrogens is 263 g/mol. The molecule has 1 aromatic carbocycles. The summed E-state index contributed by atoms with van der Waals surface area (Å²) in [6.45, 7) is 2.21. The van der Waals surface area contributed by atoms with Crippen LogP contribution in [-0.4, -0.2) is 6.04 Å². The summed E-state index contributed by atoms with van der Waals surface area (Å²) < 4.78 is 13.3. The lowest BCUT2D eigenvalue weighted by molar-refractivity contribution is 0.185. The fourth-order valence-corrected chi connectivity index (χ4v) is 3.59. The van der Waals surface area contributed by atoms with Crippen molar-refractivity contribution in [2.75, 3.05) is 0 Å². The highest BCUT2D eigenvalue weighted by Gasteiger charge is 2.39. The molecule has 2 nitrogen and oxygen atoms in total. The number of benzene rings is 1. The van der Waals surface area contributed by atoms with Crippen molar-refractivity contribution in [3.63, 3.8) is 0 Å². The summed E-state index contributed by atoms with van der Waals surface area (Å²) >= 11 is 6.16. The minimum atomic E-state index is -0.243. The number of halogens is 2. The number of hydrogen-bond acceptors (Lipinski definition) is 2. The van der Waals surface area contributed by atoms with Crippen LogP contribution in [0.1, 0.15) is 44.6 Å². The van der Waals surface area contributed by atoms with Crippen LogP contribution >= 0.6 is 11.6 Å². The molecule has 1 unspecified atom stereocenters. The molecule has 0 amide bonds. The van der Waals surface area contributed by atoms with Crippen molar-refractivity contribution in [3.05, 3.63) is 34.6 Å². The number of nitrogens with two attached hydrogens (primary N) is 1. The molecular formula is C15H22ClFN2. The van der Waals surface area contributed by atoms with Gasteiger partial charge in [-0.05, 0) is 54.9 Å². The van der Waals surface area contributed by atoms with Gasteiger partial charge in [-0.25, -0.2) is 4.39 Å². The number of hydrazine groups is 1. The second-order valence-electron chi connectivity index (χ2n) is 5.58. The molecule has 1 atom stereocenters. The van der Waals surface area contributed by atoms with Gasteiger partial charge in [0.1, 0.15) is 5.82 Å². The Morgan fingerprint density at radius 2 is 2.11 bits per heavy atom. The third-order valence-corrected chi connectivity index (χ3v) is 5.04. The van der Waals surface area contributed by atoms with Crippen molar-refractivity contribution in [1.82, 2.24) is 5.43 Å². The number of nitrogens with one attached hydrogen (secondary N) is 1. The molecule has 0 radical (unpaired) electrons. The van der Waals surface area contributed by atoms with Gasteiger partial charge in [0.15, 0.2) is 0 Å². The summed E-state index contributed by atoms with van der Waals surface area (Å²) in [5.74, 6) is 5.52. The predicted octanol–water partition coefficient (Wildman–Crippen LogP) is 3.82. The van der Waals surface area contributed by atoms with Gasteiger partial charge in [-0.1, -0.05) is 31.4 Å². The van der Waals surface area contributed by atoms with Crippen LogP contribution in [0.25, 0.3) is 0 Å². The maximum Gasteiger partial charge on any atom is 0.123 e. The second kappa shape index (κ2) is 6.21. The van der Waals surface area contributed by atoms with Crippen LogP contribution < -0.4 is 11.3 Å². The Morgan fingerprint density at radius 1 is 1.42 bits per heavy atom. The maximum absolute atomic E-state index is 13.3. The minimum absolute atomic E-state index is 0.152. The van der Waals surface area contributed by atoms with Crippen molar-refractivity contribution in [2.45, 2.75) is 51.5 Å². The lowest BCUT2D eigenvalue weighted by Crippen LogP contribution is -2.48. The molecule has 1 aliphatic rings. The van der Waals surface area contributed by atoms with Gasteiger partial charge >= 0.3 is 0 Å². The summed E-state index contributed by atoms with van der Waals surface area (Å²) in [6.07, 6.45) is 6.65. The molecule has 4 heteroatoms. The van der Waals surface area contributed by atoms with Gasteiger partial charge in [-0.3, -0.25) is 11.3 Å². The van der Waals surface area contributed by atoms with E-state index in [1.807, 2.05) is 0 Å². The van der Waals surface area contributed by atoms with Gasteiger partial charge in [-0.2, -0.15) is 0 Å². The van der Waals surface area contributed by atoms with Gasteiger partial charge in [0.05, 0.1) is 0 Å². The molecule has 106 valence electrons. The van der Waals surface area contributed by atoms with Crippen molar-refractivity contribution in [2.24, 2.45) is 11.3 Å². The summed E-state index contributed by atoms with van der Waals surface area (Å²) in [6, 6.07) is 4.68. The van der Waals surface area contributed by atoms with Crippen LogP contribution in [0, 0.1) is 11.2 Å². The highest BCUT2D eigenvalue weighted by Crippen LogP contribution is 2.44. The molecule has 0 heterocycles. The molecule has 1 aromatic rings. The molecule has 19 heavy (non-hydrogen) atoms. The Hall–Kier alpha value is -0.640. The standard InChI is InChI=1S/C15H22ClFN2/c1-2-15(7-3-4-8-15)14(19-18)10-11-9-12(17)5-6-13(11)16/h5-6,9,14,19H,2-4,7-8,10,18H2,1H3. The van der Waals surface area contributed by atoms with E-state index in [0.717, 1.165) is 12.0 Å². The zero-order valence-corrected chi connectivity index (χ0v) is 12.1. The largest absolute Gasteiger partial charge is 0.271 e. The summed E-state index contributed by atoms with van der Waals surface area (Å²) in [4.78, 5) is 0. The zero-order chi connectivity index (χ0) is 13.9. The van der Waals surface area contributed by atoms with E-state index >= 15 is 0 Å². The Balaban J connectivity index is 2.21. The first-order chi connectivity index (χ1) is 9.11.